The van der Waals surface area contributed by atoms with E-state index in [0.29, 0.717) is 76.2 Å². The highest BCUT2D eigenvalue weighted by Gasteiger charge is 2.55. The molecule has 220 valence electrons. The molecule has 4 rings (SSSR count). The highest BCUT2D eigenvalue weighted by atomic mass is 16.5. The molecule has 3 heterocycles. The molecule has 0 aromatic heterocycles. The van der Waals surface area contributed by atoms with Gasteiger partial charge in [-0.15, -0.1) is 0 Å². The highest BCUT2D eigenvalue weighted by Crippen LogP contribution is 2.40. The fourth-order valence-corrected chi connectivity index (χ4v) is 5.91. The van der Waals surface area contributed by atoms with Crippen molar-refractivity contribution in [2.75, 3.05) is 46.5 Å². The van der Waals surface area contributed by atoms with Gasteiger partial charge in [-0.1, -0.05) is 20.8 Å². The summed E-state index contributed by atoms with van der Waals surface area (Å²) < 4.78 is 16.8. The highest BCUT2D eigenvalue weighted by molar-refractivity contribution is 5.98. The Balaban J connectivity index is 1.53. The molecule has 3 saturated heterocycles. The van der Waals surface area contributed by atoms with Crippen molar-refractivity contribution in [1.29, 1.82) is 0 Å². The molecule has 10 heteroatoms. The van der Waals surface area contributed by atoms with E-state index in [4.69, 9.17) is 14.2 Å². The Labute approximate surface area is 236 Å². The van der Waals surface area contributed by atoms with E-state index in [0.717, 1.165) is 0 Å². The fourth-order valence-electron chi connectivity index (χ4n) is 5.91. The van der Waals surface area contributed by atoms with Gasteiger partial charge in [0.05, 0.1) is 26.2 Å². The number of ether oxygens (including phenoxy) is 3. The number of hydrogen-bond acceptors (Lipinski definition) is 7. The molecule has 40 heavy (non-hydrogen) atoms. The monoisotopic (exact) mass is 557 g/mol. The molecule has 1 aromatic carbocycles. The molecular formula is C30H43N3O7. The third-order valence-corrected chi connectivity index (χ3v) is 8.11. The summed E-state index contributed by atoms with van der Waals surface area (Å²) in [5.74, 6) is -0.178. The molecule has 3 amide bonds. The van der Waals surface area contributed by atoms with Crippen LogP contribution in [0.1, 0.15) is 70.2 Å². The summed E-state index contributed by atoms with van der Waals surface area (Å²) >= 11 is 0. The molecular weight excluding hydrogens is 514 g/mol. The Hall–Kier alpha value is -3.14. The van der Waals surface area contributed by atoms with Crippen molar-refractivity contribution in [1.82, 2.24) is 14.7 Å². The number of nitrogens with zero attached hydrogens (tertiary/aromatic N) is 3. The second-order valence-corrected chi connectivity index (χ2v) is 12.1. The average molecular weight is 558 g/mol. The number of carbonyl (C=O) groups excluding carboxylic acids is 4. The molecule has 1 spiro atoms. The molecule has 0 saturated carbocycles. The number of piperidine rings is 2. The Kier molecular flexibility index (Phi) is 9.07. The van der Waals surface area contributed by atoms with E-state index < -0.39 is 11.8 Å². The molecule has 0 unspecified atom stereocenters. The SMILES string of the molecule is CCOC(=O)C1CCN(C(=O)[C@@H]2COC3(CCN(C(=O)CC(C)(C)C)CC3)N2C(=O)c2ccc(OC)cc2)CC1. The summed E-state index contributed by atoms with van der Waals surface area (Å²) in [4.78, 5) is 58.2. The number of methoxy groups -OCH3 is 1. The number of amides is 3. The Morgan fingerprint density at radius 2 is 1.60 bits per heavy atom. The van der Waals surface area contributed by atoms with E-state index in [2.05, 4.69) is 0 Å². The Morgan fingerprint density at radius 1 is 0.975 bits per heavy atom. The number of carbonyl (C=O) groups is 4. The molecule has 0 bridgehead atoms. The lowest BCUT2D eigenvalue weighted by atomic mass is 9.90. The fraction of sp³-hybridized carbons (Fsp3) is 0.667. The van der Waals surface area contributed by atoms with Crippen molar-refractivity contribution in [2.24, 2.45) is 11.3 Å². The van der Waals surface area contributed by atoms with E-state index in [9.17, 15) is 19.2 Å². The van der Waals surface area contributed by atoms with Gasteiger partial charge >= 0.3 is 5.97 Å². The van der Waals surface area contributed by atoms with E-state index >= 15 is 0 Å². The van der Waals surface area contributed by atoms with Crippen LogP contribution in [0.3, 0.4) is 0 Å². The van der Waals surface area contributed by atoms with Crippen molar-refractivity contribution in [3.05, 3.63) is 29.8 Å². The van der Waals surface area contributed by atoms with E-state index in [-0.39, 0.29) is 41.6 Å². The second kappa shape index (κ2) is 12.2. The molecule has 0 N–H and O–H groups in total. The number of benzene rings is 1. The van der Waals surface area contributed by atoms with Gasteiger partial charge in [-0.2, -0.15) is 0 Å². The molecule has 1 aromatic rings. The first-order valence-electron chi connectivity index (χ1n) is 14.3. The Bertz CT molecular complexity index is 1080. The summed E-state index contributed by atoms with van der Waals surface area (Å²) in [6.07, 6.45) is 2.36. The van der Waals surface area contributed by atoms with Crippen LogP contribution in [-0.4, -0.2) is 96.7 Å². The maximum atomic E-state index is 14.0. The molecule has 0 aliphatic carbocycles. The first kappa shape index (κ1) is 29.8. The van der Waals surface area contributed by atoms with Gasteiger partial charge in [0.2, 0.25) is 11.8 Å². The zero-order chi connectivity index (χ0) is 29.1. The van der Waals surface area contributed by atoms with Crippen molar-refractivity contribution in [2.45, 2.75) is 71.6 Å². The van der Waals surface area contributed by atoms with Gasteiger partial charge in [0, 0.05) is 51.0 Å². The third-order valence-electron chi connectivity index (χ3n) is 8.11. The van der Waals surface area contributed by atoms with E-state index in [1.165, 1.54) is 0 Å². The van der Waals surface area contributed by atoms with Gasteiger partial charge in [0.1, 0.15) is 17.5 Å². The van der Waals surface area contributed by atoms with Crippen LogP contribution in [0.4, 0.5) is 0 Å². The molecule has 3 fully saturated rings. The standard InChI is InChI=1S/C30H43N3O7/c1-6-39-28(37)22-11-15-32(16-12-22)27(36)24-20-40-30(13-17-31(18-14-30)25(34)19-29(2,3)4)33(24)26(35)21-7-9-23(38-5)10-8-21/h7-10,22,24H,6,11-20H2,1-5H3/t24-/m0/s1. The van der Waals surface area contributed by atoms with Crippen LogP contribution in [0, 0.1) is 11.3 Å². The minimum absolute atomic E-state index is 0.0884. The molecule has 0 radical (unpaired) electrons. The van der Waals surface area contributed by atoms with Crippen molar-refractivity contribution in [3.63, 3.8) is 0 Å². The summed E-state index contributed by atoms with van der Waals surface area (Å²) in [5.41, 5.74) is -0.653. The van der Waals surface area contributed by atoms with Crippen molar-refractivity contribution < 1.29 is 33.4 Å². The lowest BCUT2D eigenvalue weighted by Crippen LogP contribution is -2.60. The van der Waals surface area contributed by atoms with Crippen LogP contribution in [0.15, 0.2) is 24.3 Å². The van der Waals surface area contributed by atoms with Gasteiger partial charge in [-0.25, -0.2) is 0 Å². The van der Waals surface area contributed by atoms with E-state index in [1.807, 2.05) is 25.7 Å². The van der Waals surface area contributed by atoms with Crippen LogP contribution in [0.5, 0.6) is 5.75 Å². The first-order chi connectivity index (χ1) is 19.0. The molecule has 1 atom stereocenters. The van der Waals surface area contributed by atoms with Crippen LogP contribution in [0.25, 0.3) is 0 Å². The third kappa shape index (κ3) is 6.43. The number of esters is 1. The topological polar surface area (TPSA) is 106 Å². The smallest absolute Gasteiger partial charge is 0.309 e. The molecule has 10 nitrogen and oxygen atoms in total. The lowest BCUT2D eigenvalue weighted by Gasteiger charge is -2.45. The summed E-state index contributed by atoms with van der Waals surface area (Å²) in [6.45, 7) is 10.1. The maximum absolute atomic E-state index is 14.0. The zero-order valence-electron chi connectivity index (χ0n) is 24.4. The maximum Gasteiger partial charge on any atom is 0.309 e. The van der Waals surface area contributed by atoms with Gasteiger partial charge in [0.15, 0.2) is 0 Å². The summed E-state index contributed by atoms with van der Waals surface area (Å²) in [7, 11) is 1.56. The largest absolute Gasteiger partial charge is 0.497 e. The van der Waals surface area contributed by atoms with Gasteiger partial charge in [0.25, 0.3) is 5.91 Å². The van der Waals surface area contributed by atoms with Crippen LogP contribution < -0.4 is 4.74 Å². The average Bonchev–Trinajstić information content (AvgIpc) is 3.30. The number of rotatable bonds is 6. The minimum Gasteiger partial charge on any atom is -0.497 e. The van der Waals surface area contributed by atoms with Gasteiger partial charge in [-0.05, 0) is 49.4 Å². The second-order valence-electron chi connectivity index (χ2n) is 12.1. The summed E-state index contributed by atoms with van der Waals surface area (Å²) in [6, 6.07) is 6.05. The quantitative estimate of drug-likeness (QED) is 0.495. The minimum atomic E-state index is -0.973. The normalized spacial score (nSPS) is 21.4. The molecule has 3 aliphatic heterocycles. The first-order valence-corrected chi connectivity index (χ1v) is 14.3. The van der Waals surface area contributed by atoms with Gasteiger partial charge < -0.3 is 24.0 Å². The van der Waals surface area contributed by atoms with Crippen molar-refractivity contribution in [3.8, 4) is 5.75 Å². The number of likely N-dealkylation sites (tertiary alicyclic amines) is 2. The predicted octanol–water partition coefficient (Wildman–Crippen LogP) is 3.09. The summed E-state index contributed by atoms with van der Waals surface area (Å²) in [5, 5.41) is 0. The zero-order valence-corrected chi connectivity index (χ0v) is 24.4. The van der Waals surface area contributed by atoms with Crippen LogP contribution in [0.2, 0.25) is 0 Å². The van der Waals surface area contributed by atoms with Crippen molar-refractivity contribution >= 4 is 23.7 Å². The Morgan fingerprint density at radius 3 is 2.15 bits per heavy atom. The van der Waals surface area contributed by atoms with Gasteiger partial charge in [-0.3, -0.25) is 24.1 Å². The predicted molar refractivity (Wildman–Crippen MR) is 147 cm³/mol. The van der Waals surface area contributed by atoms with E-state index in [1.54, 1.807) is 48.1 Å². The number of hydrogen-bond donors (Lipinski definition) is 0. The van der Waals surface area contributed by atoms with Crippen LogP contribution in [-0.2, 0) is 23.9 Å². The van der Waals surface area contributed by atoms with Crippen LogP contribution >= 0.6 is 0 Å². The lowest BCUT2D eigenvalue weighted by molar-refractivity contribution is -0.152. The molecule has 3 aliphatic rings.